The zero-order valence-corrected chi connectivity index (χ0v) is 10.8. The third-order valence-electron chi connectivity index (χ3n) is 2.41. The van der Waals surface area contributed by atoms with E-state index in [0.717, 1.165) is 17.7 Å². The third-order valence-corrected chi connectivity index (χ3v) is 2.41. The number of nitrogens with two attached hydrogens (primary N) is 1. The van der Waals surface area contributed by atoms with E-state index in [4.69, 9.17) is 10.5 Å². The summed E-state index contributed by atoms with van der Waals surface area (Å²) in [6, 6.07) is 7.28. The van der Waals surface area contributed by atoms with Crippen LogP contribution in [0.4, 0.5) is 0 Å². The number of rotatable bonds is 5. The van der Waals surface area contributed by atoms with Crippen LogP contribution in [0.5, 0.6) is 5.75 Å². The molecule has 0 unspecified atom stereocenters. The predicted octanol–water partition coefficient (Wildman–Crippen LogP) is 2.64. The SMILES string of the molecule is CC(C)(C)C(=O)c1ccc(OCCCN)cc1. The predicted molar refractivity (Wildman–Crippen MR) is 69.4 cm³/mol. The molecule has 0 saturated carbocycles. The van der Waals surface area contributed by atoms with E-state index in [1.807, 2.05) is 45.0 Å². The Balaban J connectivity index is 2.65. The first-order valence-electron chi connectivity index (χ1n) is 5.93. The van der Waals surface area contributed by atoms with Gasteiger partial charge in [-0.2, -0.15) is 0 Å². The first-order chi connectivity index (χ1) is 7.95. The van der Waals surface area contributed by atoms with E-state index in [9.17, 15) is 4.79 Å². The number of carbonyl (C=O) groups excluding carboxylic acids is 1. The zero-order valence-electron chi connectivity index (χ0n) is 10.8. The summed E-state index contributed by atoms with van der Waals surface area (Å²) in [7, 11) is 0. The van der Waals surface area contributed by atoms with Gasteiger partial charge in [0.05, 0.1) is 6.61 Å². The minimum atomic E-state index is -0.345. The average molecular weight is 235 g/mol. The largest absolute Gasteiger partial charge is 0.494 e. The van der Waals surface area contributed by atoms with Crippen LogP contribution in [0.15, 0.2) is 24.3 Å². The lowest BCUT2D eigenvalue weighted by atomic mass is 9.86. The molecule has 94 valence electrons. The van der Waals surface area contributed by atoms with Crippen molar-refractivity contribution in [1.82, 2.24) is 0 Å². The lowest BCUT2D eigenvalue weighted by Gasteiger charge is -2.16. The van der Waals surface area contributed by atoms with Crippen LogP contribution in [0.3, 0.4) is 0 Å². The van der Waals surface area contributed by atoms with Crippen molar-refractivity contribution in [2.75, 3.05) is 13.2 Å². The van der Waals surface area contributed by atoms with E-state index in [-0.39, 0.29) is 11.2 Å². The summed E-state index contributed by atoms with van der Waals surface area (Å²) >= 11 is 0. The van der Waals surface area contributed by atoms with Crippen molar-refractivity contribution in [1.29, 1.82) is 0 Å². The number of hydrogen-bond acceptors (Lipinski definition) is 3. The summed E-state index contributed by atoms with van der Waals surface area (Å²) in [4.78, 5) is 12.0. The zero-order chi connectivity index (χ0) is 12.9. The first kappa shape index (κ1) is 13.7. The first-order valence-corrected chi connectivity index (χ1v) is 5.93. The summed E-state index contributed by atoms with van der Waals surface area (Å²) < 4.78 is 5.48. The van der Waals surface area contributed by atoms with Crippen molar-refractivity contribution in [2.24, 2.45) is 11.1 Å². The Kier molecular flexibility index (Phi) is 4.70. The second kappa shape index (κ2) is 5.82. The Morgan fingerprint density at radius 1 is 1.24 bits per heavy atom. The van der Waals surface area contributed by atoms with Gasteiger partial charge in [0.2, 0.25) is 0 Å². The maximum atomic E-state index is 12.0. The molecule has 3 nitrogen and oxygen atoms in total. The lowest BCUT2D eigenvalue weighted by molar-refractivity contribution is 0.0858. The Bertz CT molecular complexity index is 363. The van der Waals surface area contributed by atoms with Crippen molar-refractivity contribution in [2.45, 2.75) is 27.2 Å². The molecule has 0 bridgehead atoms. The number of benzene rings is 1. The highest BCUT2D eigenvalue weighted by Gasteiger charge is 2.22. The molecule has 0 aromatic heterocycles. The highest BCUT2D eigenvalue weighted by atomic mass is 16.5. The van der Waals surface area contributed by atoms with Gasteiger partial charge >= 0.3 is 0 Å². The lowest BCUT2D eigenvalue weighted by Crippen LogP contribution is -2.20. The second-order valence-corrected chi connectivity index (χ2v) is 5.09. The standard InChI is InChI=1S/C14H21NO2/c1-14(2,3)13(16)11-5-7-12(8-6-11)17-10-4-9-15/h5-8H,4,9-10,15H2,1-3H3. The maximum absolute atomic E-state index is 12.0. The molecule has 0 aliphatic rings. The second-order valence-electron chi connectivity index (χ2n) is 5.09. The van der Waals surface area contributed by atoms with Gasteiger partial charge in [-0.25, -0.2) is 0 Å². The highest BCUT2D eigenvalue weighted by molar-refractivity contribution is 5.99. The van der Waals surface area contributed by atoms with Gasteiger partial charge in [0, 0.05) is 11.0 Å². The van der Waals surface area contributed by atoms with Crippen molar-refractivity contribution in [3.05, 3.63) is 29.8 Å². The van der Waals surface area contributed by atoms with E-state index in [1.54, 1.807) is 0 Å². The molecule has 0 amide bonds. The van der Waals surface area contributed by atoms with Crippen LogP contribution in [0, 0.1) is 5.41 Å². The van der Waals surface area contributed by atoms with Gasteiger partial charge in [-0.05, 0) is 37.2 Å². The molecule has 0 aliphatic carbocycles. The number of ketones is 1. The number of ether oxygens (including phenoxy) is 1. The van der Waals surface area contributed by atoms with Crippen molar-refractivity contribution in [3.63, 3.8) is 0 Å². The fourth-order valence-electron chi connectivity index (χ4n) is 1.41. The van der Waals surface area contributed by atoms with Gasteiger partial charge < -0.3 is 10.5 Å². The molecule has 0 saturated heterocycles. The van der Waals surface area contributed by atoms with Gasteiger partial charge in [0.1, 0.15) is 5.75 Å². The van der Waals surface area contributed by atoms with Crippen LogP contribution in [0.2, 0.25) is 0 Å². The number of carbonyl (C=O) groups is 1. The molecular weight excluding hydrogens is 214 g/mol. The molecule has 0 atom stereocenters. The van der Waals surface area contributed by atoms with Crippen LogP contribution >= 0.6 is 0 Å². The Morgan fingerprint density at radius 2 is 1.82 bits per heavy atom. The summed E-state index contributed by atoms with van der Waals surface area (Å²) in [6.45, 7) is 6.99. The molecule has 0 spiro atoms. The smallest absolute Gasteiger partial charge is 0.168 e. The summed E-state index contributed by atoms with van der Waals surface area (Å²) in [5, 5.41) is 0. The topological polar surface area (TPSA) is 52.3 Å². The summed E-state index contributed by atoms with van der Waals surface area (Å²) in [5.74, 6) is 0.926. The fourth-order valence-corrected chi connectivity index (χ4v) is 1.41. The van der Waals surface area contributed by atoms with Crippen LogP contribution in [-0.4, -0.2) is 18.9 Å². The van der Waals surface area contributed by atoms with E-state index in [0.29, 0.717) is 13.2 Å². The number of Topliss-reactive ketones (excluding diaryl/α,β-unsaturated/α-hetero) is 1. The van der Waals surface area contributed by atoms with Crippen LogP contribution in [0.25, 0.3) is 0 Å². The molecule has 1 aromatic carbocycles. The minimum absolute atomic E-state index is 0.144. The van der Waals surface area contributed by atoms with Gasteiger partial charge in [0.15, 0.2) is 5.78 Å². The molecule has 0 aliphatic heterocycles. The van der Waals surface area contributed by atoms with Crippen molar-refractivity contribution >= 4 is 5.78 Å². The quantitative estimate of drug-likeness (QED) is 0.630. The Hall–Kier alpha value is -1.35. The Labute approximate surface area is 103 Å². The normalized spacial score (nSPS) is 11.3. The van der Waals surface area contributed by atoms with E-state index in [2.05, 4.69) is 0 Å². The van der Waals surface area contributed by atoms with E-state index >= 15 is 0 Å². The van der Waals surface area contributed by atoms with Gasteiger partial charge in [0.25, 0.3) is 0 Å². The van der Waals surface area contributed by atoms with Crippen molar-refractivity contribution in [3.8, 4) is 5.75 Å². The van der Waals surface area contributed by atoms with Gasteiger partial charge in [-0.15, -0.1) is 0 Å². The molecule has 1 rings (SSSR count). The molecule has 0 radical (unpaired) electrons. The monoisotopic (exact) mass is 235 g/mol. The fraction of sp³-hybridized carbons (Fsp3) is 0.500. The average Bonchev–Trinajstić information content (AvgIpc) is 2.28. The van der Waals surface area contributed by atoms with Crippen LogP contribution in [-0.2, 0) is 0 Å². The summed E-state index contributed by atoms with van der Waals surface area (Å²) in [5.41, 5.74) is 5.76. The van der Waals surface area contributed by atoms with Crippen LogP contribution < -0.4 is 10.5 Å². The molecule has 0 heterocycles. The molecule has 2 N–H and O–H groups in total. The molecule has 17 heavy (non-hydrogen) atoms. The summed E-state index contributed by atoms with van der Waals surface area (Å²) in [6.07, 6.45) is 0.836. The third kappa shape index (κ3) is 4.19. The Morgan fingerprint density at radius 3 is 2.29 bits per heavy atom. The minimum Gasteiger partial charge on any atom is -0.494 e. The van der Waals surface area contributed by atoms with E-state index in [1.165, 1.54) is 0 Å². The molecule has 1 aromatic rings. The van der Waals surface area contributed by atoms with Gasteiger partial charge in [-0.1, -0.05) is 20.8 Å². The highest BCUT2D eigenvalue weighted by Crippen LogP contribution is 2.22. The van der Waals surface area contributed by atoms with Crippen molar-refractivity contribution < 1.29 is 9.53 Å². The molecule has 0 fully saturated rings. The molecule has 3 heteroatoms. The molecular formula is C14H21NO2. The van der Waals surface area contributed by atoms with Gasteiger partial charge in [-0.3, -0.25) is 4.79 Å². The maximum Gasteiger partial charge on any atom is 0.168 e. The van der Waals surface area contributed by atoms with E-state index < -0.39 is 0 Å². The van der Waals surface area contributed by atoms with Crippen LogP contribution in [0.1, 0.15) is 37.6 Å². The number of hydrogen-bond donors (Lipinski definition) is 1.